The SMILES string of the molecule is Cc1cc(F)cc(-c2cc(C(C)(C)CC(C)(C)C)cc(-n3c4ccc(-c5cc(C(C)(C)C)cc(C(C)(C)C)c5)cc4c4cc(-c5cc(C(C)(C)C)cc(C(C)(C)C)c5)ccc43)c2O)c1OCCCOc1c(C)cc(F)cc1-c1cc(C(C)(C)CC(C)(C)C)cc(-n2c3cc(-c4cc(C(C)(C)C)cc(C(C)(C)C)c4)ccc3c3ccc(-c4cc(C(C)(C)C)cc(C(C)(C)C)c4)cc32)c1O. The van der Waals surface area contributed by atoms with Crippen LogP contribution in [0.2, 0.25) is 0 Å². The number of nitrogens with zero attached hydrogens (tertiary/aromatic N) is 2. The summed E-state index contributed by atoms with van der Waals surface area (Å²) in [6.45, 7) is 81.5. The van der Waals surface area contributed by atoms with Crippen molar-refractivity contribution in [3.63, 3.8) is 0 Å². The Morgan fingerprint density at radius 1 is 0.248 bits per heavy atom. The predicted molar refractivity (Wildman–Crippen MR) is 566 cm³/mol. The van der Waals surface area contributed by atoms with Gasteiger partial charge in [-0.15, -0.1) is 0 Å². The van der Waals surface area contributed by atoms with Gasteiger partial charge in [0.05, 0.1) is 46.7 Å². The van der Waals surface area contributed by atoms with Crippen LogP contribution in [-0.4, -0.2) is 32.6 Å². The van der Waals surface area contributed by atoms with E-state index >= 15 is 8.78 Å². The lowest BCUT2D eigenvalue weighted by Gasteiger charge is -2.34. The minimum atomic E-state index is -0.479. The molecule has 133 heavy (non-hydrogen) atoms. The molecule has 0 amide bonds. The molecule has 0 aliphatic carbocycles. The summed E-state index contributed by atoms with van der Waals surface area (Å²) in [5, 5.41) is 31.9. The molecule has 6 nitrogen and oxygen atoms in total. The molecule has 0 fully saturated rings. The highest BCUT2D eigenvalue weighted by molar-refractivity contribution is 6.13. The van der Waals surface area contributed by atoms with Crippen LogP contribution in [0.3, 0.4) is 0 Å². The van der Waals surface area contributed by atoms with Crippen LogP contribution in [0.4, 0.5) is 8.78 Å². The van der Waals surface area contributed by atoms with Crippen LogP contribution in [0.5, 0.6) is 23.0 Å². The molecule has 0 bridgehead atoms. The van der Waals surface area contributed by atoms with Crippen LogP contribution in [0.15, 0.2) is 194 Å². The van der Waals surface area contributed by atoms with Gasteiger partial charge < -0.3 is 28.8 Å². The summed E-state index contributed by atoms with van der Waals surface area (Å²) in [5.41, 5.74) is 26.3. The maximum Gasteiger partial charge on any atom is 0.147 e. The Bertz CT molecular complexity index is 6480. The fourth-order valence-electron chi connectivity index (χ4n) is 20.2. The molecule has 14 rings (SSSR count). The Hall–Kier alpha value is -10.7. The number of benzene rings is 12. The molecule has 8 heteroatoms. The number of aryl methyl sites for hydroxylation is 2. The Morgan fingerprint density at radius 2 is 0.504 bits per heavy atom. The number of rotatable bonds is 18. The Morgan fingerprint density at radius 3 is 0.767 bits per heavy atom. The second-order valence-corrected chi connectivity index (χ2v) is 51.1. The van der Waals surface area contributed by atoms with E-state index in [2.05, 4.69) is 414 Å². The van der Waals surface area contributed by atoms with E-state index in [-0.39, 0.29) is 78.9 Å². The monoisotopic (exact) mass is 1780 g/mol. The summed E-state index contributed by atoms with van der Waals surface area (Å²) < 4.78 is 52.6. The van der Waals surface area contributed by atoms with Gasteiger partial charge in [0.25, 0.3) is 0 Å². The molecule has 700 valence electrons. The number of halogens is 2. The van der Waals surface area contributed by atoms with Crippen LogP contribution in [0, 0.1) is 36.3 Å². The maximum absolute atomic E-state index is 17.0. The van der Waals surface area contributed by atoms with Crippen molar-refractivity contribution in [2.24, 2.45) is 10.8 Å². The van der Waals surface area contributed by atoms with Gasteiger partial charge in [-0.1, -0.05) is 345 Å². The van der Waals surface area contributed by atoms with E-state index in [1.54, 1.807) is 0 Å². The summed E-state index contributed by atoms with van der Waals surface area (Å²) in [6, 6.07) is 70.1. The molecule has 0 radical (unpaired) electrons. The molecule has 0 spiro atoms. The van der Waals surface area contributed by atoms with Crippen molar-refractivity contribution in [3.05, 3.63) is 273 Å². The van der Waals surface area contributed by atoms with Crippen LogP contribution < -0.4 is 9.47 Å². The van der Waals surface area contributed by atoms with Gasteiger partial charge in [0.1, 0.15) is 34.6 Å². The molecule has 0 saturated heterocycles. The fourth-order valence-corrected chi connectivity index (χ4v) is 20.2. The second kappa shape index (κ2) is 34.3. The molecule has 2 heterocycles. The van der Waals surface area contributed by atoms with Crippen LogP contribution in [0.1, 0.15) is 321 Å². The average molecular weight is 1780 g/mol. The summed E-state index contributed by atoms with van der Waals surface area (Å²) in [6.07, 6.45) is 1.93. The molecule has 0 aliphatic rings. The van der Waals surface area contributed by atoms with Gasteiger partial charge in [0.2, 0.25) is 0 Å². The zero-order chi connectivity index (χ0) is 97.8. The van der Waals surface area contributed by atoms with Gasteiger partial charge in [-0.3, -0.25) is 0 Å². The van der Waals surface area contributed by atoms with E-state index in [0.717, 1.165) is 112 Å². The predicted octanol–water partition coefficient (Wildman–Crippen LogP) is 35.8. The summed E-state index contributed by atoms with van der Waals surface area (Å²) in [7, 11) is 0. The standard InChI is InChI=1S/C125H152F2N2O4/c1-74-48-94(126)70-102(100-66-92(124(33,34)72-114(3,4)5)68-108(110(100)130)128-104-44-40-76(80-50-84(116(9,10)11)62-85(51-80)117(12,13)14)58-98(104)99-59-77(41-45-105(99)128)81-52-86(118(15,16)17)63-87(53-81)119(18,19)20)112(74)132-46-37-47-133-113-75(2)49-95(127)71-103(113)101-67-93(125(35,36)73-115(6,7)8)69-109(111(101)131)129-106-60-78(82-54-88(120(21,22)23)64-89(55-82)121(24,25)26)38-42-96(106)97-43-39-79(61-107(97)129)83-56-90(122(27,28)29)65-91(57-83)123(30,31)32/h38-45,48-71,130-131H,37,46-47,72-73H2,1-36H3. The molecular weight excluding hydrogens is 1630 g/mol. The molecule has 0 saturated carbocycles. The van der Waals surface area contributed by atoms with Crippen molar-refractivity contribution < 1.29 is 28.5 Å². The molecule has 0 aliphatic heterocycles. The Balaban J connectivity index is 0.903. The average Bonchev–Trinajstić information content (AvgIpc) is 1.57. The topological polar surface area (TPSA) is 68.8 Å². The molecule has 12 aromatic carbocycles. The van der Waals surface area contributed by atoms with Crippen molar-refractivity contribution in [2.45, 2.75) is 323 Å². The third kappa shape index (κ3) is 20.6. The Kier molecular flexibility index (Phi) is 25.3. The number of phenols is 2. The smallest absolute Gasteiger partial charge is 0.147 e. The summed E-state index contributed by atoms with van der Waals surface area (Å²) in [5.74, 6) is -0.103. The van der Waals surface area contributed by atoms with E-state index in [4.69, 9.17) is 9.47 Å². The maximum atomic E-state index is 17.0. The molecule has 0 atom stereocenters. The van der Waals surface area contributed by atoms with Gasteiger partial charge in [-0.05, 0) is 288 Å². The van der Waals surface area contributed by atoms with Crippen LogP contribution in [-0.2, 0) is 54.1 Å². The molecule has 2 aromatic heterocycles. The lowest BCUT2D eigenvalue weighted by atomic mass is 9.71. The minimum absolute atomic E-state index is 0.0155. The third-order valence-electron chi connectivity index (χ3n) is 27.5. The second-order valence-electron chi connectivity index (χ2n) is 51.1. The Labute approximate surface area is 796 Å². The van der Waals surface area contributed by atoms with Gasteiger partial charge in [-0.25, -0.2) is 8.78 Å². The lowest BCUT2D eigenvalue weighted by molar-refractivity contribution is 0.246. The molecular formula is C125H152F2N2O4. The zero-order valence-corrected chi connectivity index (χ0v) is 87.4. The first kappa shape index (κ1) is 98.3. The van der Waals surface area contributed by atoms with Gasteiger partial charge in [0.15, 0.2) is 0 Å². The highest BCUT2D eigenvalue weighted by atomic mass is 19.1. The summed E-state index contributed by atoms with van der Waals surface area (Å²) >= 11 is 0. The number of ether oxygens (including phenoxy) is 2. The third-order valence-corrected chi connectivity index (χ3v) is 27.5. The van der Waals surface area contributed by atoms with Crippen LogP contribution >= 0.6 is 0 Å². The molecule has 14 aromatic rings. The van der Waals surface area contributed by atoms with E-state index in [0.29, 0.717) is 62.7 Å². The first-order valence-electron chi connectivity index (χ1n) is 48.6. The van der Waals surface area contributed by atoms with Gasteiger partial charge in [0, 0.05) is 50.2 Å². The highest BCUT2D eigenvalue weighted by Gasteiger charge is 2.37. The molecule has 0 unspecified atom stereocenters. The van der Waals surface area contributed by atoms with E-state index in [1.165, 1.54) is 68.8 Å². The van der Waals surface area contributed by atoms with E-state index in [1.807, 2.05) is 13.8 Å². The van der Waals surface area contributed by atoms with E-state index < -0.39 is 22.5 Å². The largest absolute Gasteiger partial charge is 0.505 e. The number of fused-ring (bicyclic) bond motifs is 6. The minimum Gasteiger partial charge on any atom is -0.505 e. The van der Waals surface area contributed by atoms with Gasteiger partial charge >= 0.3 is 0 Å². The van der Waals surface area contributed by atoms with Crippen molar-refractivity contribution >= 4 is 43.6 Å². The number of aromatic nitrogens is 2. The summed E-state index contributed by atoms with van der Waals surface area (Å²) in [4.78, 5) is 0. The van der Waals surface area contributed by atoms with Crippen molar-refractivity contribution in [3.8, 4) is 101 Å². The van der Waals surface area contributed by atoms with Crippen LogP contribution in [0.25, 0.3) is 122 Å². The first-order valence-corrected chi connectivity index (χ1v) is 48.6. The zero-order valence-electron chi connectivity index (χ0n) is 87.4. The molecule has 2 N–H and O–H groups in total. The number of hydrogen-bond acceptors (Lipinski definition) is 4. The fraction of sp³-hybridized carbons (Fsp3) is 0.424. The quantitative estimate of drug-likeness (QED) is 0.0840. The van der Waals surface area contributed by atoms with Crippen molar-refractivity contribution in [2.75, 3.05) is 13.2 Å². The normalized spacial score (nSPS) is 13.4. The lowest BCUT2D eigenvalue weighted by Crippen LogP contribution is -2.25. The van der Waals surface area contributed by atoms with Crippen molar-refractivity contribution in [1.29, 1.82) is 0 Å². The van der Waals surface area contributed by atoms with Crippen molar-refractivity contribution in [1.82, 2.24) is 9.13 Å². The first-order chi connectivity index (χ1) is 61.1. The van der Waals surface area contributed by atoms with E-state index in [9.17, 15) is 10.2 Å². The van der Waals surface area contributed by atoms with Gasteiger partial charge in [-0.2, -0.15) is 0 Å². The number of aromatic hydroxyl groups is 2. The number of hydrogen-bond donors (Lipinski definition) is 2. The number of phenolic OH excluding ortho intramolecular Hbond substituents is 2. The highest BCUT2D eigenvalue weighted by Crippen LogP contribution is 2.54.